The molecule has 0 aromatic carbocycles. The molecule has 5 unspecified atom stereocenters. The molecule has 0 N–H and O–H groups in total. The molecule has 0 radical (unpaired) electrons. The Hall–Kier alpha value is -0.590. The lowest BCUT2D eigenvalue weighted by atomic mass is 9.48. The van der Waals surface area contributed by atoms with E-state index in [9.17, 15) is 4.79 Å². The number of carbonyl (C=O) groups excluding carboxylic acids is 1. The van der Waals surface area contributed by atoms with E-state index >= 15 is 0 Å². The molecule has 0 heterocycles. The highest BCUT2D eigenvalue weighted by atomic mass is 16.1. The normalized spacial score (nSPS) is 51.0. The molecule has 0 spiro atoms. The minimum absolute atomic E-state index is 0.224. The van der Waals surface area contributed by atoms with Gasteiger partial charge in [0.25, 0.3) is 0 Å². The minimum atomic E-state index is 0.224. The highest BCUT2D eigenvalue weighted by molar-refractivity contribution is 5.97. The van der Waals surface area contributed by atoms with Crippen LogP contribution in [0.4, 0.5) is 0 Å². The number of rotatable bonds is 0. The highest BCUT2D eigenvalue weighted by Gasteiger charge is 2.56. The quantitative estimate of drug-likeness (QED) is 0.612. The maximum absolute atomic E-state index is 12.3. The van der Waals surface area contributed by atoms with Crippen molar-refractivity contribution >= 4 is 5.78 Å². The van der Waals surface area contributed by atoms with Crippen LogP contribution in [0.15, 0.2) is 11.6 Å². The second kappa shape index (κ2) is 4.21. The van der Waals surface area contributed by atoms with Crippen molar-refractivity contribution in [2.24, 2.45) is 28.6 Å². The van der Waals surface area contributed by atoms with Gasteiger partial charge in [-0.15, -0.1) is 0 Å². The van der Waals surface area contributed by atoms with Crippen LogP contribution in [-0.4, -0.2) is 5.78 Å². The third-order valence-electron chi connectivity index (χ3n) is 7.65. The van der Waals surface area contributed by atoms with Gasteiger partial charge in [-0.1, -0.05) is 26.3 Å². The fourth-order valence-corrected chi connectivity index (χ4v) is 6.59. The fraction of sp³-hybridized carbons (Fsp3) is 0.842. The van der Waals surface area contributed by atoms with Crippen molar-refractivity contribution < 1.29 is 4.79 Å². The van der Waals surface area contributed by atoms with Gasteiger partial charge in [0.1, 0.15) is 0 Å². The van der Waals surface area contributed by atoms with E-state index in [-0.39, 0.29) is 5.41 Å². The summed E-state index contributed by atoms with van der Waals surface area (Å²) in [6.45, 7) is 4.97. The summed E-state index contributed by atoms with van der Waals surface area (Å²) in [6.07, 6.45) is 13.9. The van der Waals surface area contributed by atoms with Gasteiger partial charge in [-0.2, -0.15) is 0 Å². The van der Waals surface area contributed by atoms with Crippen LogP contribution >= 0.6 is 0 Å². The maximum Gasteiger partial charge on any atom is 0.159 e. The van der Waals surface area contributed by atoms with E-state index in [1.807, 2.05) is 0 Å². The van der Waals surface area contributed by atoms with Gasteiger partial charge in [-0.05, 0) is 79.1 Å². The molecular weight excluding hydrogens is 244 g/mol. The first-order chi connectivity index (χ1) is 9.55. The Bertz CT molecular complexity index is 476. The van der Waals surface area contributed by atoms with Gasteiger partial charge in [0.05, 0.1) is 0 Å². The van der Waals surface area contributed by atoms with E-state index in [1.165, 1.54) is 50.5 Å². The zero-order valence-corrected chi connectivity index (χ0v) is 13.1. The summed E-state index contributed by atoms with van der Waals surface area (Å²) in [5, 5.41) is 0. The molecule has 1 heteroatoms. The topological polar surface area (TPSA) is 17.1 Å². The van der Waals surface area contributed by atoms with Crippen molar-refractivity contribution in [3.05, 3.63) is 11.6 Å². The van der Waals surface area contributed by atoms with E-state index < -0.39 is 0 Å². The van der Waals surface area contributed by atoms with Gasteiger partial charge < -0.3 is 0 Å². The first-order valence-corrected chi connectivity index (χ1v) is 8.78. The predicted molar refractivity (Wildman–Crippen MR) is 81.3 cm³/mol. The van der Waals surface area contributed by atoms with E-state index in [4.69, 9.17) is 0 Å². The van der Waals surface area contributed by atoms with Crippen molar-refractivity contribution in [2.45, 2.75) is 71.6 Å². The highest BCUT2D eigenvalue weighted by Crippen LogP contribution is 2.64. The van der Waals surface area contributed by atoms with Crippen molar-refractivity contribution in [3.8, 4) is 0 Å². The van der Waals surface area contributed by atoms with Gasteiger partial charge in [0.15, 0.2) is 5.78 Å². The first kappa shape index (κ1) is 13.1. The Kier molecular flexibility index (Phi) is 2.76. The van der Waals surface area contributed by atoms with Crippen LogP contribution in [0.25, 0.3) is 0 Å². The Morgan fingerprint density at radius 3 is 2.75 bits per heavy atom. The van der Waals surface area contributed by atoms with Crippen LogP contribution in [0.5, 0.6) is 0 Å². The standard InChI is InChI=1S/C19H28O/c1-18-10-3-5-14(18)13-7-8-16-17(20)6-4-11-19(16,2)15(13)9-12-18/h8,13-15H,3-7,9-12H2,1-2H3. The molecule has 0 bridgehead atoms. The molecule has 4 rings (SSSR count). The maximum atomic E-state index is 12.3. The smallest absolute Gasteiger partial charge is 0.159 e. The predicted octanol–water partition coefficient (Wildman–Crippen LogP) is 4.91. The van der Waals surface area contributed by atoms with E-state index in [0.29, 0.717) is 11.2 Å². The van der Waals surface area contributed by atoms with Crippen molar-refractivity contribution in [1.29, 1.82) is 0 Å². The number of ketones is 1. The van der Waals surface area contributed by atoms with Crippen molar-refractivity contribution in [2.75, 3.05) is 0 Å². The van der Waals surface area contributed by atoms with Crippen molar-refractivity contribution in [3.63, 3.8) is 0 Å². The largest absolute Gasteiger partial charge is 0.295 e. The third kappa shape index (κ3) is 1.58. The number of allylic oxidation sites excluding steroid dienone is 2. The summed E-state index contributed by atoms with van der Waals surface area (Å²) in [5.41, 5.74) is 2.08. The molecule has 5 atom stereocenters. The average Bonchev–Trinajstić information content (AvgIpc) is 2.80. The van der Waals surface area contributed by atoms with Gasteiger partial charge in [-0.3, -0.25) is 4.79 Å². The molecule has 0 aromatic heterocycles. The lowest BCUT2D eigenvalue weighted by Crippen LogP contribution is -2.49. The van der Waals surface area contributed by atoms with Gasteiger partial charge in [0.2, 0.25) is 0 Å². The van der Waals surface area contributed by atoms with Crippen LogP contribution in [-0.2, 0) is 4.79 Å². The van der Waals surface area contributed by atoms with Crippen LogP contribution in [0.3, 0.4) is 0 Å². The number of fused-ring (bicyclic) bond motifs is 5. The second-order valence-electron chi connectivity index (χ2n) is 8.51. The zero-order valence-electron chi connectivity index (χ0n) is 13.1. The summed E-state index contributed by atoms with van der Waals surface area (Å²) in [6, 6.07) is 0. The summed E-state index contributed by atoms with van der Waals surface area (Å²) in [7, 11) is 0. The number of Topliss-reactive ketones (excluding diaryl/α,β-unsaturated/α-hetero) is 1. The summed E-state index contributed by atoms with van der Waals surface area (Å²) < 4.78 is 0. The summed E-state index contributed by atoms with van der Waals surface area (Å²) in [5.74, 6) is 3.07. The van der Waals surface area contributed by atoms with Gasteiger partial charge in [-0.25, -0.2) is 0 Å². The Morgan fingerprint density at radius 1 is 1.05 bits per heavy atom. The Morgan fingerprint density at radius 2 is 1.90 bits per heavy atom. The van der Waals surface area contributed by atoms with Crippen LogP contribution < -0.4 is 0 Å². The first-order valence-electron chi connectivity index (χ1n) is 8.78. The number of hydrogen-bond donors (Lipinski definition) is 0. The monoisotopic (exact) mass is 272 g/mol. The Labute approximate surface area is 123 Å². The molecule has 0 saturated heterocycles. The molecule has 3 saturated carbocycles. The summed E-state index contributed by atoms with van der Waals surface area (Å²) in [4.78, 5) is 12.3. The molecule has 0 aliphatic heterocycles. The van der Waals surface area contributed by atoms with E-state index in [0.717, 1.165) is 30.6 Å². The summed E-state index contributed by atoms with van der Waals surface area (Å²) >= 11 is 0. The van der Waals surface area contributed by atoms with E-state index in [1.54, 1.807) is 0 Å². The molecule has 4 aliphatic rings. The molecule has 0 aromatic rings. The van der Waals surface area contributed by atoms with Gasteiger partial charge in [0, 0.05) is 6.42 Å². The lowest BCUT2D eigenvalue weighted by Gasteiger charge is -2.56. The number of hydrogen-bond acceptors (Lipinski definition) is 1. The number of carbonyl (C=O) groups is 1. The third-order valence-corrected chi connectivity index (χ3v) is 7.65. The Balaban J connectivity index is 1.73. The second-order valence-corrected chi connectivity index (χ2v) is 8.51. The fourth-order valence-electron chi connectivity index (χ4n) is 6.59. The lowest BCUT2D eigenvalue weighted by molar-refractivity contribution is -0.121. The molecule has 110 valence electrons. The average molecular weight is 272 g/mol. The SMILES string of the molecule is CC12CCCC1C1CC=C3C(=O)CCCC3(C)C1CC2. The molecule has 0 amide bonds. The van der Waals surface area contributed by atoms with Crippen LogP contribution in [0, 0.1) is 28.6 Å². The van der Waals surface area contributed by atoms with Crippen molar-refractivity contribution in [1.82, 2.24) is 0 Å². The zero-order chi connectivity index (χ0) is 14.0. The molecule has 20 heavy (non-hydrogen) atoms. The van der Waals surface area contributed by atoms with E-state index in [2.05, 4.69) is 19.9 Å². The molecular formula is C19H28O. The van der Waals surface area contributed by atoms with Gasteiger partial charge >= 0.3 is 0 Å². The van der Waals surface area contributed by atoms with Crippen LogP contribution in [0.2, 0.25) is 0 Å². The molecule has 1 nitrogen and oxygen atoms in total. The minimum Gasteiger partial charge on any atom is -0.295 e. The molecule has 3 fully saturated rings. The molecule has 4 aliphatic carbocycles. The van der Waals surface area contributed by atoms with Crippen LogP contribution in [0.1, 0.15) is 71.6 Å².